The molecule has 1 heterocycles. The van der Waals surface area contributed by atoms with Gasteiger partial charge in [0.15, 0.2) is 5.96 Å². The predicted octanol–water partition coefficient (Wildman–Crippen LogP) is 3.45. The molecule has 3 aliphatic rings. The van der Waals surface area contributed by atoms with Crippen molar-refractivity contribution in [3.8, 4) is 0 Å². The Labute approximate surface area is 199 Å². The Morgan fingerprint density at radius 1 is 1.23 bits per heavy atom. The lowest BCUT2D eigenvalue weighted by atomic mass is 10.0. The van der Waals surface area contributed by atoms with Crippen LogP contribution in [-0.2, 0) is 4.74 Å². The zero-order valence-electron chi connectivity index (χ0n) is 19.2. The molecule has 3 rings (SSSR count). The summed E-state index contributed by atoms with van der Waals surface area (Å²) >= 11 is 0. The smallest absolute Gasteiger partial charge is 0.410 e. The first-order valence-corrected chi connectivity index (χ1v) is 11.4. The van der Waals surface area contributed by atoms with Crippen LogP contribution in [0.25, 0.3) is 0 Å². The number of piperidine rings is 1. The lowest BCUT2D eigenvalue weighted by Crippen LogP contribution is -2.52. The van der Waals surface area contributed by atoms with Gasteiger partial charge in [-0.1, -0.05) is 0 Å². The number of nitrogens with zero attached hydrogens (tertiary/aromatic N) is 3. The van der Waals surface area contributed by atoms with E-state index in [1.54, 1.807) is 0 Å². The van der Waals surface area contributed by atoms with Gasteiger partial charge in [-0.2, -0.15) is 0 Å². The number of amides is 1. The van der Waals surface area contributed by atoms with Crippen molar-refractivity contribution in [2.24, 2.45) is 16.3 Å². The van der Waals surface area contributed by atoms with Crippen LogP contribution < -0.4 is 5.32 Å². The number of guanidine groups is 1. The average Bonchev–Trinajstić information content (AvgIpc) is 3.58. The molecule has 3 fully saturated rings. The zero-order chi connectivity index (χ0) is 21.1. The van der Waals surface area contributed by atoms with Crippen LogP contribution in [0.15, 0.2) is 4.99 Å². The number of carbonyl (C=O) groups excluding carboxylic acids is 1. The summed E-state index contributed by atoms with van der Waals surface area (Å²) in [5, 5.41) is 13.0. The highest BCUT2D eigenvalue weighted by Crippen LogP contribution is 2.45. The summed E-state index contributed by atoms with van der Waals surface area (Å²) < 4.78 is 5.70. The van der Waals surface area contributed by atoms with Crippen LogP contribution in [0.3, 0.4) is 0 Å². The minimum absolute atomic E-state index is 0. The Bertz CT molecular complexity index is 592. The van der Waals surface area contributed by atoms with Gasteiger partial charge in [-0.25, -0.2) is 4.79 Å². The van der Waals surface area contributed by atoms with E-state index in [0.29, 0.717) is 12.5 Å². The summed E-state index contributed by atoms with van der Waals surface area (Å²) in [4.78, 5) is 21.9. The second-order valence-electron chi connectivity index (χ2n) is 10.1. The zero-order valence-corrected chi connectivity index (χ0v) is 21.5. The van der Waals surface area contributed by atoms with Crippen molar-refractivity contribution in [3.63, 3.8) is 0 Å². The second-order valence-corrected chi connectivity index (χ2v) is 10.1. The fourth-order valence-corrected chi connectivity index (χ4v) is 3.87. The van der Waals surface area contributed by atoms with Crippen LogP contribution in [0, 0.1) is 11.3 Å². The van der Waals surface area contributed by atoms with E-state index in [1.807, 2.05) is 25.7 Å². The molecule has 2 saturated carbocycles. The van der Waals surface area contributed by atoms with Gasteiger partial charge in [0.1, 0.15) is 5.60 Å². The van der Waals surface area contributed by atoms with Gasteiger partial charge in [0.25, 0.3) is 0 Å². The molecule has 0 aromatic carbocycles. The molecule has 0 unspecified atom stereocenters. The molecule has 0 aromatic rings. The van der Waals surface area contributed by atoms with Crippen LogP contribution in [0.1, 0.15) is 66.2 Å². The van der Waals surface area contributed by atoms with E-state index >= 15 is 0 Å². The summed E-state index contributed by atoms with van der Waals surface area (Å²) in [5.74, 6) is 1.59. The van der Waals surface area contributed by atoms with Gasteiger partial charge in [-0.05, 0) is 72.1 Å². The molecule has 0 spiro atoms. The molecule has 2 aliphatic carbocycles. The number of aliphatic imine (C=N–C) groups is 1. The minimum Gasteiger partial charge on any atom is -0.444 e. The number of hydrogen-bond donors (Lipinski definition) is 2. The van der Waals surface area contributed by atoms with E-state index < -0.39 is 5.60 Å². The first-order valence-electron chi connectivity index (χ1n) is 11.4. The molecular formula is C22H41IN4O3. The first-order chi connectivity index (χ1) is 13.8. The van der Waals surface area contributed by atoms with Crippen molar-refractivity contribution in [2.75, 3.05) is 39.3 Å². The number of aliphatic hydroxyl groups excluding tert-OH is 1. The topological polar surface area (TPSA) is 77.4 Å². The fraction of sp³-hybridized carbons (Fsp3) is 0.909. The van der Waals surface area contributed by atoms with E-state index in [4.69, 9.17) is 9.73 Å². The molecule has 0 radical (unpaired) electrons. The number of nitrogens with one attached hydrogen (secondary N) is 1. The molecule has 0 bridgehead atoms. The monoisotopic (exact) mass is 536 g/mol. The molecule has 30 heavy (non-hydrogen) atoms. The summed E-state index contributed by atoms with van der Waals surface area (Å²) in [6.07, 6.45) is 6.29. The fourth-order valence-electron chi connectivity index (χ4n) is 3.87. The van der Waals surface area contributed by atoms with Crippen molar-refractivity contribution in [1.29, 1.82) is 0 Å². The Hall–Kier alpha value is -0.770. The number of hydrogen-bond acceptors (Lipinski definition) is 4. The predicted molar refractivity (Wildman–Crippen MR) is 130 cm³/mol. The third kappa shape index (κ3) is 7.43. The van der Waals surface area contributed by atoms with Crippen molar-refractivity contribution in [3.05, 3.63) is 0 Å². The van der Waals surface area contributed by atoms with Gasteiger partial charge in [0.2, 0.25) is 0 Å². The maximum absolute atomic E-state index is 12.8. The molecule has 174 valence electrons. The summed E-state index contributed by atoms with van der Waals surface area (Å²) in [5.41, 5.74) is -0.438. The SMILES string of the molecule is CCNC(=NCC1(CO)CC1)N1CCC(N(CC2CC2)C(=O)OC(C)(C)C)CC1.I. The highest BCUT2D eigenvalue weighted by atomic mass is 127. The van der Waals surface area contributed by atoms with Crippen LogP contribution in [-0.4, -0.2) is 77.9 Å². The highest BCUT2D eigenvalue weighted by Gasteiger charge is 2.42. The molecule has 0 aromatic heterocycles. The number of carbonyl (C=O) groups is 1. The first kappa shape index (κ1) is 25.5. The average molecular weight is 536 g/mol. The quantitative estimate of drug-likeness (QED) is 0.296. The minimum atomic E-state index is -0.462. The number of halogens is 1. The van der Waals surface area contributed by atoms with E-state index in [2.05, 4.69) is 17.1 Å². The molecule has 1 amide bonds. The third-order valence-electron chi connectivity index (χ3n) is 6.18. The van der Waals surface area contributed by atoms with E-state index in [1.165, 1.54) is 12.8 Å². The number of ether oxygens (including phenoxy) is 1. The van der Waals surface area contributed by atoms with Gasteiger partial charge >= 0.3 is 6.09 Å². The summed E-state index contributed by atoms with van der Waals surface area (Å²) in [6, 6.07) is 0.233. The number of likely N-dealkylation sites (tertiary alicyclic amines) is 1. The molecule has 2 N–H and O–H groups in total. The Morgan fingerprint density at radius 3 is 2.33 bits per heavy atom. The lowest BCUT2D eigenvalue weighted by molar-refractivity contribution is 0.00928. The van der Waals surface area contributed by atoms with Gasteiger partial charge in [-0.15, -0.1) is 24.0 Å². The van der Waals surface area contributed by atoms with Crippen LogP contribution >= 0.6 is 24.0 Å². The van der Waals surface area contributed by atoms with Crippen molar-refractivity contribution in [1.82, 2.24) is 15.1 Å². The third-order valence-corrected chi connectivity index (χ3v) is 6.18. The van der Waals surface area contributed by atoms with Crippen LogP contribution in [0.5, 0.6) is 0 Å². The van der Waals surface area contributed by atoms with Gasteiger partial charge < -0.3 is 25.0 Å². The Morgan fingerprint density at radius 2 is 1.87 bits per heavy atom. The van der Waals surface area contributed by atoms with Crippen LogP contribution in [0.4, 0.5) is 4.79 Å². The van der Waals surface area contributed by atoms with Gasteiger partial charge in [0, 0.05) is 37.6 Å². The van der Waals surface area contributed by atoms with Gasteiger partial charge in [0.05, 0.1) is 13.2 Å². The number of rotatable bonds is 7. The largest absolute Gasteiger partial charge is 0.444 e. The Kier molecular flexibility index (Phi) is 9.09. The normalized spacial score (nSPS) is 21.6. The lowest BCUT2D eigenvalue weighted by Gasteiger charge is -2.40. The van der Waals surface area contributed by atoms with Crippen molar-refractivity contribution >= 4 is 36.0 Å². The molecule has 1 aliphatic heterocycles. The second kappa shape index (κ2) is 10.7. The highest BCUT2D eigenvalue weighted by molar-refractivity contribution is 14.0. The molecule has 0 atom stereocenters. The molecular weight excluding hydrogens is 495 g/mol. The summed E-state index contributed by atoms with van der Waals surface area (Å²) in [6.45, 7) is 12.2. The Balaban J connectivity index is 0.00000320. The standard InChI is InChI=1S/C22H40N4O3.HI/c1-5-23-19(24-15-22(16-27)10-11-22)25-12-8-18(9-13-25)26(14-17-6-7-17)20(28)29-21(2,3)4;/h17-18,27H,5-16H2,1-4H3,(H,23,24);1H. The maximum Gasteiger partial charge on any atom is 0.410 e. The molecule has 7 nitrogen and oxygen atoms in total. The maximum atomic E-state index is 12.8. The van der Waals surface area contributed by atoms with E-state index in [9.17, 15) is 9.90 Å². The molecule has 8 heteroatoms. The van der Waals surface area contributed by atoms with Crippen molar-refractivity contribution in [2.45, 2.75) is 77.9 Å². The van der Waals surface area contributed by atoms with E-state index in [0.717, 1.165) is 57.8 Å². The van der Waals surface area contributed by atoms with Gasteiger partial charge in [-0.3, -0.25) is 4.99 Å². The van der Waals surface area contributed by atoms with Crippen molar-refractivity contribution < 1.29 is 14.6 Å². The summed E-state index contributed by atoms with van der Waals surface area (Å²) in [7, 11) is 0. The molecule has 1 saturated heterocycles. The van der Waals surface area contributed by atoms with Crippen LogP contribution in [0.2, 0.25) is 0 Å². The van der Waals surface area contributed by atoms with E-state index in [-0.39, 0.29) is 48.1 Å². The number of aliphatic hydroxyl groups is 1.